The summed E-state index contributed by atoms with van der Waals surface area (Å²) in [6, 6.07) is 0. The zero-order valence-electron chi connectivity index (χ0n) is 13.6. The van der Waals surface area contributed by atoms with E-state index in [1.54, 1.807) is 21.1 Å². The SMILES string of the molecule is COCCN1CCC(CNC(=O)c2c(C)nn(C)c2Cl)CC1. The van der Waals surface area contributed by atoms with Crippen LogP contribution in [0.1, 0.15) is 28.9 Å². The highest BCUT2D eigenvalue weighted by atomic mass is 35.5. The molecular formula is C15H25ClN4O2. The molecule has 1 fully saturated rings. The minimum absolute atomic E-state index is 0.127. The molecule has 22 heavy (non-hydrogen) atoms. The van der Waals surface area contributed by atoms with Gasteiger partial charge in [-0.25, -0.2) is 0 Å². The van der Waals surface area contributed by atoms with Crippen LogP contribution in [0.2, 0.25) is 5.15 Å². The summed E-state index contributed by atoms with van der Waals surface area (Å²) >= 11 is 6.12. The van der Waals surface area contributed by atoms with Gasteiger partial charge in [0.05, 0.1) is 17.9 Å². The standard InChI is InChI=1S/C15H25ClN4O2/c1-11-13(14(16)19(2)18-11)15(21)17-10-12-4-6-20(7-5-12)8-9-22-3/h12H,4-10H2,1-3H3,(H,17,21). The van der Waals surface area contributed by atoms with E-state index in [0.29, 0.717) is 28.9 Å². The van der Waals surface area contributed by atoms with Gasteiger partial charge in [0.1, 0.15) is 5.15 Å². The van der Waals surface area contributed by atoms with Crippen molar-refractivity contribution in [3.8, 4) is 0 Å². The van der Waals surface area contributed by atoms with Crippen LogP contribution in [0.5, 0.6) is 0 Å². The number of halogens is 1. The third-order valence-corrected chi connectivity index (χ3v) is 4.68. The molecule has 0 saturated carbocycles. The highest BCUT2D eigenvalue weighted by molar-refractivity contribution is 6.33. The maximum atomic E-state index is 12.3. The number of nitrogens with zero attached hydrogens (tertiary/aromatic N) is 3. The Labute approximate surface area is 136 Å². The summed E-state index contributed by atoms with van der Waals surface area (Å²) in [5, 5.41) is 7.56. The molecule has 2 rings (SSSR count). The van der Waals surface area contributed by atoms with E-state index in [9.17, 15) is 4.79 Å². The van der Waals surface area contributed by atoms with Crippen LogP contribution in [-0.2, 0) is 11.8 Å². The van der Waals surface area contributed by atoms with Crippen LogP contribution in [0.15, 0.2) is 0 Å². The van der Waals surface area contributed by atoms with Gasteiger partial charge in [0.15, 0.2) is 0 Å². The first-order chi connectivity index (χ1) is 10.5. The lowest BCUT2D eigenvalue weighted by molar-refractivity contribution is 0.0925. The molecule has 1 aromatic rings. The molecule has 0 unspecified atom stereocenters. The third-order valence-electron chi connectivity index (χ3n) is 4.25. The summed E-state index contributed by atoms with van der Waals surface area (Å²) in [6.07, 6.45) is 2.20. The number of hydrogen-bond acceptors (Lipinski definition) is 4. The number of likely N-dealkylation sites (tertiary alicyclic amines) is 1. The third kappa shape index (κ3) is 4.21. The van der Waals surface area contributed by atoms with E-state index < -0.39 is 0 Å². The summed E-state index contributed by atoms with van der Waals surface area (Å²) in [5.41, 5.74) is 1.15. The smallest absolute Gasteiger partial charge is 0.256 e. The molecule has 7 heteroatoms. The molecule has 1 saturated heterocycles. The lowest BCUT2D eigenvalue weighted by atomic mass is 9.96. The maximum absolute atomic E-state index is 12.3. The maximum Gasteiger partial charge on any atom is 0.256 e. The Kier molecular flexibility index (Phi) is 6.23. The van der Waals surface area contributed by atoms with E-state index in [1.165, 1.54) is 4.68 Å². The van der Waals surface area contributed by atoms with Crippen LogP contribution >= 0.6 is 11.6 Å². The van der Waals surface area contributed by atoms with Gasteiger partial charge in [-0.15, -0.1) is 0 Å². The number of aromatic nitrogens is 2. The fourth-order valence-corrected chi connectivity index (χ4v) is 3.11. The Morgan fingerprint density at radius 3 is 2.68 bits per heavy atom. The topological polar surface area (TPSA) is 59.4 Å². The number of hydrogen-bond donors (Lipinski definition) is 1. The Hall–Kier alpha value is -1.11. The summed E-state index contributed by atoms with van der Waals surface area (Å²) in [4.78, 5) is 14.7. The zero-order chi connectivity index (χ0) is 16.1. The lowest BCUT2D eigenvalue weighted by Gasteiger charge is -2.31. The molecule has 0 aromatic carbocycles. The van der Waals surface area contributed by atoms with Crippen molar-refractivity contribution in [1.29, 1.82) is 0 Å². The van der Waals surface area contributed by atoms with Gasteiger partial charge in [0, 0.05) is 27.2 Å². The van der Waals surface area contributed by atoms with Gasteiger partial charge < -0.3 is 15.0 Å². The molecule has 6 nitrogen and oxygen atoms in total. The van der Waals surface area contributed by atoms with Crippen molar-refractivity contribution in [2.75, 3.05) is 39.9 Å². The molecule has 2 heterocycles. The van der Waals surface area contributed by atoms with Crippen LogP contribution in [-0.4, -0.2) is 60.5 Å². The molecule has 0 spiro atoms. The van der Waals surface area contributed by atoms with Gasteiger partial charge in [0.2, 0.25) is 0 Å². The second-order valence-corrected chi connectivity index (χ2v) is 6.22. The number of nitrogens with one attached hydrogen (secondary N) is 1. The van der Waals surface area contributed by atoms with Crippen molar-refractivity contribution in [1.82, 2.24) is 20.0 Å². The van der Waals surface area contributed by atoms with E-state index in [-0.39, 0.29) is 5.91 Å². The highest BCUT2D eigenvalue weighted by Gasteiger charge is 2.22. The number of piperidine rings is 1. The molecular weight excluding hydrogens is 304 g/mol. The van der Waals surface area contributed by atoms with E-state index in [4.69, 9.17) is 16.3 Å². The first kappa shape index (κ1) is 17.2. The van der Waals surface area contributed by atoms with Crippen LogP contribution in [0.25, 0.3) is 0 Å². The molecule has 1 aromatic heterocycles. The molecule has 1 aliphatic heterocycles. The van der Waals surface area contributed by atoms with Crippen LogP contribution in [0.4, 0.5) is 0 Å². The number of carbonyl (C=O) groups is 1. The summed E-state index contributed by atoms with van der Waals surface area (Å²) in [5.74, 6) is 0.399. The fourth-order valence-electron chi connectivity index (χ4n) is 2.85. The number of carbonyl (C=O) groups excluding carboxylic acids is 1. The number of methoxy groups -OCH3 is 1. The van der Waals surface area contributed by atoms with Crippen molar-refractivity contribution < 1.29 is 9.53 Å². The summed E-state index contributed by atoms with van der Waals surface area (Å²) in [6.45, 7) is 6.39. The van der Waals surface area contributed by atoms with Crippen molar-refractivity contribution in [2.24, 2.45) is 13.0 Å². The zero-order valence-corrected chi connectivity index (χ0v) is 14.3. The van der Waals surface area contributed by atoms with Gasteiger partial charge in [-0.3, -0.25) is 9.48 Å². The molecule has 1 aliphatic rings. The Morgan fingerprint density at radius 1 is 1.45 bits per heavy atom. The van der Waals surface area contributed by atoms with Crippen molar-refractivity contribution in [2.45, 2.75) is 19.8 Å². The molecule has 1 N–H and O–H groups in total. The Balaban J connectivity index is 1.78. The van der Waals surface area contributed by atoms with E-state index in [0.717, 1.165) is 39.1 Å². The van der Waals surface area contributed by atoms with E-state index in [2.05, 4.69) is 15.3 Å². The quantitative estimate of drug-likeness (QED) is 0.859. The normalized spacial score (nSPS) is 16.9. The van der Waals surface area contributed by atoms with E-state index >= 15 is 0 Å². The summed E-state index contributed by atoms with van der Waals surface area (Å²) in [7, 11) is 3.47. The molecule has 1 amide bonds. The minimum atomic E-state index is -0.127. The van der Waals surface area contributed by atoms with Gasteiger partial charge in [-0.05, 0) is 38.8 Å². The van der Waals surface area contributed by atoms with Crippen molar-refractivity contribution in [3.63, 3.8) is 0 Å². The predicted octanol–water partition coefficient (Wildman–Crippen LogP) is 1.47. The molecule has 0 bridgehead atoms. The number of amides is 1. The second-order valence-electron chi connectivity index (χ2n) is 5.86. The van der Waals surface area contributed by atoms with Gasteiger partial charge >= 0.3 is 0 Å². The first-order valence-corrected chi connectivity index (χ1v) is 8.09. The lowest BCUT2D eigenvalue weighted by Crippen LogP contribution is -2.39. The Morgan fingerprint density at radius 2 is 2.14 bits per heavy atom. The van der Waals surface area contributed by atoms with Crippen molar-refractivity contribution >= 4 is 17.5 Å². The minimum Gasteiger partial charge on any atom is -0.383 e. The average molecular weight is 329 g/mol. The molecule has 0 atom stereocenters. The Bertz CT molecular complexity index is 510. The number of ether oxygens (including phenoxy) is 1. The molecule has 124 valence electrons. The van der Waals surface area contributed by atoms with E-state index in [1.807, 2.05) is 0 Å². The first-order valence-electron chi connectivity index (χ1n) is 7.71. The predicted molar refractivity (Wildman–Crippen MR) is 86.3 cm³/mol. The molecule has 0 aliphatic carbocycles. The number of aryl methyl sites for hydroxylation is 2. The van der Waals surface area contributed by atoms with Crippen molar-refractivity contribution in [3.05, 3.63) is 16.4 Å². The highest BCUT2D eigenvalue weighted by Crippen LogP contribution is 2.19. The average Bonchev–Trinajstić information content (AvgIpc) is 2.76. The molecule has 0 radical (unpaired) electrons. The van der Waals surface area contributed by atoms with Gasteiger partial charge in [0.25, 0.3) is 5.91 Å². The number of rotatable bonds is 6. The van der Waals surface area contributed by atoms with Gasteiger partial charge in [-0.1, -0.05) is 11.6 Å². The summed E-state index contributed by atoms with van der Waals surface area (Å²) < 4.78 is 6.63. The fraction of sp³-hybridized carbons (Fsp3) is 0.733. The van der Waals surface area contributed by atoms with Crippen LogP contribution in [0, 0.1) is 12.8 Å². The van der Waals surface area contributed by atoms with Crippen LogP contribution < -0.4 is 5.32 Å². The largest absolute Gasteiger partial charge is 0.383 e. The van der Waals surface area contributed by atoms with Crippen LogP contribution in [0.3, 0.4) is 0 Å². The second kappa shape index (κ2) is 7.94. The van der Waals surface area contributed by atoms with Gasteiger partial charge in [-0.2, -0.15) is 5.10 Å². The monoisotopic (exact) mass is 328 g/mol.